The first-order valence-electron chi connectivity index (χ1n) is 7.38. The van der Waals surface area contributed by atoms with Gasteiger partial charge in [0.05, 0.1) is 5.56 Å². The number of hydrogen-bond donors (Lipinski definition) is 1. The molecule has 0 unspecified atom stereocenters. The van der Waals surface area contributed by atoms with Gasteiger partial charge in [-0.25, -0.2) is 4.39 Å². The van der Waals surface area contributed by atoms with Crippen molar-refractivity contribution >= 4 is 0 Å². The van der Waals surface area contributed by atoms with Crippen LogP contribution in [0.25, 0.3) is 0 Å². The lowest BCUT2D eigenvalue weighted by Crippen LogP contribution is -2.27. The van der Waals surface area contributed by atoms with E-state index in [-0.39, 0.29) is 12.4 Å². The molecule has 2 aliphatic rings. The van der Waals surface area contributed by atoms with Crippen LogP contribution in [-0.2, 0) is 6.54 Å². The SMILES string of the molecule is OCC#Cc1cc(CN(CC2CC2)C2CC2)ccc1F. The van der Waals surface area contributed by atoms with Crippen molar-refractivity contribution in [3.05, 3.63) is 35.1 Å². The van der Waals surface area contributed by atoms with Crippen LogP contribution in [0, 0.1) is 23.6 Å². The molecule has 2 saturated carbocycles. The van der Waals surface area contributed by atoms with Crippen molar-refractivity contribution in [2.24, 2.45) is 5.92 Å². The summed E-state index contributed by atoms with van der Waals surface area (Å²) in [7, 11) is 0. The van der Waals surface area contributed by atoms with Gasteiger partial charge in [0, 0.05) is 19.1 Å². The summed E-state index contributed by atoms with van der Waals surface area (Å²) in [6.45, 7) is 1.83. The molecule has 0 amide bonds. The summed E-state index contributed by atoms with van der Waals surface area (Å²) in [5.74, 6) is 5.76. The van der Waals surface area contributed by atoms with Crippen LogP contribution in [0.2, 0.25) is 0 Å². The predicted molar refractivity (Wildman–Crippen MR) is 76.5 cm³/mol. The van der Waals surface area contributed by atoms with Crippen LogP contribution in [0.3, 0.4) is 0 Å². The Morgan fingerprint density at radius 3 is 2.70 bits per heavy atom. The Kier molecular flexibility index (Phi) is 4.05. The minimum absolute atomic E-state index is 0.237. The number of nitrogens with zero attached hydrogens (tertiary/aromatic N) is 1. The van der Waals surface area contributed by atoms with E-state index in [9.17, 15) is 4.39 Å². The van der Waals surface area contributed by atoms with Crippen molar-refractivity contribution in [1.82, 2.24) is 4.90 Å². The zero-order chi connectivity index (χ0) is 13.9. The third-order valence-electron chi connectivity index (χ3n) is 3.97. The van der Waals surface area contributed by atoms with Crippen LogP contribution < -0.4 is 0 Å². The van der Waals surface area contributed by atoms with Crippen molar-refractivity contribution in [1.29, 1.82) is 0 Å². The van der Waals surface area contributed by atoms with Crippen LogP contribution in [0.15, 0.2) is 18.2 Å². The van der Waals surface area contributed by atoms with Gasteiger partial charge in [0.2, 0.25) is 0 Å². The fraction of sp³-hybridized carbons (Fsp3) is 0.529. The molecule has 1 N–H and O–H groups in total. The summed E-state index contributed by atoms with van der Waals surface area (Å²) in [6, 6.07) is 5.88. The summed E-state index contributed by atoms with van der Waals surface area (Å²) >= 11 is 0. The van der Waals surface area contributed by atoms with E-state index in [1.165, 1.54) is 38.3 Å². The van der Waals surface area contributed by atoms with Crippen molar-refractivity contribution < 1.29 is 9.50 Å². The van der Waals surface area contributed by atoms with E-state index < -0.39 is 0 Å². The molecule has 20 heavy (non-hydrogen) atoms. The topological polar surface area (TPSA) is 23.5 Å². The Morgan fingerprint density at radius 2 is 2.05 bits per heavy atom. The highest BCUT2D eigenvalue weighted by atomic mass is 19.1. The van der Waals surface area contributed by atoms with Gasteiger partial charge in [0.15, 0.2) is 0 Å². The Bertz CT molecular complexity index is 538. The molecule has 0 spiro atoms. The van der Waals surface area contributed by atoms with Gasteiger partial charge >= 0.3 is 0 Å². The van der Waals surface area contributed by atoms with E-state index in [0.29, 0.717) is 5.56 Å². The van der Waals surface area contributed by atoms with Gasteiger partial charge in [0.25, 0.3) is 0 Å². The molecular formula is C17H20FNO. The maximum atomic E-state index is 13.6. The normalized spacial score (nSPS) is 17.9. The lowest BCUT2D eigenvalue weighted by atomic mass is 10.1. The molecule has 0 atom stereocenters. The third kappa shape index (κ3) is 3.59. The molecule has 0 radical (unpaired) electrons. The van der Waals surface area contributed by atoms with Gasteiger partial charge in [-0.2, -0.15) is 0 Å². The molecule has 1 aromatic rings. The van der Waals surface area contributed by atoms with Crippen LogP contribution in [0.1, 0.15) is 36.8 Å². The van der Waals surface area contributed by atoms with Crippen molar-refractivity contribution in [3.63, 3.8) is 0 Å². The van der Waals surface area contributed by atoms with Gasteiger partial charge in [0.1, 0.15) is 12.4 Å². The number of benzene rings is 1. The second-order valence-corrected chi connectivity index (χ2v) is 5.88. The largest absolute Gasteiger partial charge is 0.384 e. The second kappa shape index (κ2) is 5.95. The van der Waals surface area contributed by atoms with Crippen molar-refractivity contribution in [2.75, 3.05) is 13.2 Å². The molecule has 0 heterocycles. The summed E-state index contributed by atoms with van der Waals surface area (Å²) in [5.41, 5.74) is 1.50. The van der Waals surface area contributed by atoms with Gasteiger partial charge in [-0.15, -0.1) is 0 Å². The molecule has 106 valence electrons. The molecule has 3 rings (SSSR count). The third-order valence-corrected chi connectivity index (χ3v) is 3.97. The zero-order valence-corrected chi connectivity index (χ0v) is 11.6. The molecule has 2 aliphatic carbocycles. The summed E-state index contributed by atoms with van der Waals surface area (Å²) in [5, 5.41) is 8.72. The van der Waals surface area contributed by atoms with Crippen LogP contribution in [0.4, 0.5) is 4.39 Å². The lowest BCUT2D eigenvalue weighted by molar-refractivity contribution is 0.244. The molecule has 1 aromatic carbocycles. The Balaban J connectivity index is 1.71. The van der Waals surface area contributed by atoms with Crippen molar-refractivity contribution in [3.8, 4) is 11.8 Å². The van der Waals surface area contributed by atoms with Gasteiger partial charge in [-0.05, 0) is 49.3 Å². The van der Waals surface area contributed by atoms with E-state index in [4.69, 9.17) is 5.11 Å². The Hall–Kier alpha value is -1.37. The molecule has 2 fully saturated rings. The van der Waals surface area contributed by atoms with E-state index in [1.807, 2.05) is 12.1 Å². The molecule has 2 nitrogen and oxygen atoms in total. The molecule has 3 heteroatoms. The summed E-state index contributed by atoms with van der Waals surface area (Å²) < 4.78 is 13.6. The highest BCUT2D eigenvalue weighted by Gasteiger charge is 2.33. The monoisotopic (exact) mass is 273 g/mol. The van der Waals surface area contributed by atoms with E-state index in [2.05, 4.69) is 16.7 Å². The molecule has 0 aromatic heterocycles. The quantitative estimate of drug-likeness (QED) is 0.833. The zero-order valence-electron chi connectivity index (χ0n) is 11.6. The Morgan fingerprint density at radius 1 is 1.25 bits per heavy atom. The number of hydrogen-bond acceptors (Lipinski definition) is 2. The molecule has 0 saturated heterocycles. The molecule has 0 aliphatic heterocycles. The average molecular weight is 273 g/mol. The summed E-state index contributed by atoms with van der Waals surface area (Å²) in [6.07, 6.45) is 5.32. The lowest BCUT2D eigenvalue weighted by Gasteiger charge is -2.22. The molecule has 0 bridgehead atoms. The highest BCUT2D eigenvalue weighted by molar-refractivity contribution is 5.38. The van der Waals surface area contributed by atoms with Crippen LogP contribution in [-0.4, -0.2) is 29.2 Å². The smallest absolute Gasteiger partial charge is 0.138 e. The standard InChI is InChI=1S/C17H20FNO/c18-17-8-5-14(10-15(17)2-1-9-20)12-19(16-6-7-16)11-13-3-4-13/h5,8,10,13,16,20H,3-4,6-7,9,11-12H2. The average Bonchev–Trinajstić information content (AvgIpc) is 3.30. The van der Waals surface area contributed by atoms with E-state index in [0.717, 1.165) is 24.1 Å². The van der Waals surface area contributed by atoms with E-state index in [1.54, 1.807) is 0 Å². The molecular weight excluding hydrogens is 253 g/mol. The first-order valence-corrected chi connectivity index (χ1v) is 7.38. The van der Waals surface area contributed by atoms with Gasteiger partial charge in [-0.3, -0.25) is 4.90 Å². The fourth-order valence-corrected chi connectivity index (χ4v) is 2.55. The number of halogens is 1. The van der Waals surface area contributed by atoms with Crippen molar-refractivity contribution in [2.45, 2.75) is 38.3 Å². The fourth-order valence-electron chi connectivity index (χ4n) is 2.55. The minimum Gasteiger partial charge on any atom is -0.384 e. The minimum atomic E-state index is -0.310. The maximum absolute atomic E-state index is 13.6. The second-order valence-electron chi connectivity index (χ2n) is 5.88. The van der Waals surface area contributed by atoms with E-state index >= 15 is 0 Å². The number of aliphatic hydroxyl groups excluding tert-OH is 1. The maximum Gasteiger partial charge on any atom is 0.138 e. The van der Waals surface area contributed by atoms with Crippen LogP contribution in [0.5, 0.6) is 0 Å². The number of rotatable bonds is 5. The first-order chi connectivity index (χ1) is 9.76. The Labute approximate surface area is 119 Å². The number of aliphatic hydroxyl groups is 1. The van der Waals surface area contributed by atoms with Gasteiger partial charge in [-0.1, -0.05) is 17.9 Å². The van der Waals surface area contributed by atoms with Gasteiger partial charge < -0.3 is 5.11 Å². The first kappa shape index (κ1) is 13.6. The summed E-state index contributed by atoms with van der Waals surface area (Å²) in [4.78, 5) is 2.54. The highest BCUT2D eigenvalue weighted by Crippen LogP contribution is 2.35. The predicted octanol–water partition coefficient (Wildman–Crippen LogP) is 2.54. The van der Waals surface area contributed by atoms with Crippen LogP contribution >= 0.6 is 0 Å².